The summed E-state index contributed by atoms with van der Waals surface area (Å²) in [6, 6.07) is 15.6. The number of nitrogen functional groups attached to an aromatic ring is 1. The van der Waals surface area contributed by atoms with Crippen LogP contribution in [0.4, 0.5) is 5.69 Å². The van der Waals surface area contributed by atoms with Gasteiger partial charge in [0.15, 0.2) is 0 Å². The molecule has 114 valence electrons. The number of amides is 1. The predicted molar refractivity (Wildman–Crippen MR) is 89.8 cm³/mol. The largest absolute Gasteiger partial charge is 0.399 e. The monoisotopic (exact) mass is 294 g/mol. The maximum absolute atomic E-state index is 11.9. The lowest BCUT2D eigenvalue weighted by Gasteiger charge is -2.09. The molecule has 0 aliphatic heterocycles. The van der Waals surface area contributed by atoms with Crippen LogP contribution in [0.5, 0.6) is 0 Å². The molecule has 3 nitrogen and oxygen atoms in total. The first-order chi connectivity index (χ1) is 10.7. The molecule has 0 bridgehead atoms. The maximum atomic E-state index is 11.9. The molecule has 1 aliphatic carbocycles. The molecule has 1 amide bonds. The summed E-state index contributed by atoms with van der Waals surface area (Å²) in [6.07, 6.45) is 4.42. The molecule has 3 heteroatoms. The highest BCUT2D eigenvalue weighted by atomic mass is 16.1. The van der Waals surface area contributed by atoms with Gasteiger partial charge in [-0.1, -0.05) is 24.3 Å². The van der Waals surface area contributed by atoms with Crippen molar-refractivity contribution in [3.8, 4) is 0 Å². The molecule has 2 aromatic carbocycles. The fourth-order valence-corrected chi connectivity index (χ4v) is 3.22. The Morgan fingerprint density at radius 2 is 1.86 bits per heavy atom. The van der Waals surface area contributed by atoms with Crippen LogP contribution in [0.2, 0.25) is 0 Å². The molecule has 1 unspecified atom stereocenters. The van der Waals surface area contributed by atoms with Gasteiger partial charge in [-0.2, -0.15) is 0 Å². The fraction of sp³-hybridized carbons (Fsp3) is 0.316. The van der Waals surface area contributed by atoms with Crippen LogP contribution in [0.1, 0.15) is 34.3 Å². The third-order valence-electron chi connectivity index (χ3n) is 4.36. The summed E-state index contributed by atoms with van der Waals surface area (Å²) in [4.78, 5) is 11.9. The average molecular weight is 294 g/mol. The summed E-state index contributed by atoms with van der Waals surface area (Å²) in [6.45, 7) is 0.739. The van der Waals surface area contributed by atoms with Crippen LogP contribution in [-0.2, 0) is 12.8 Å². The summed E-state index contributed by atoms with van der Waals surface area (Å²) in [5.41, 5.74) is 10.3. The van der Waals surface area contributed by atoms with Gasteiger partial charge in [0.05, 0.1) is 0 Å². The van der Waals surface area contributed by atoms with Gasteiger partial charge in [0.25, 0.3) is 5.91 Å². The summed E-state index contributed by atoms with van der Waals surface area (Å²) in [5, 5.41) is 2.99. The van der Waals surface area contributed by atoms with Crippen LogP contribution in [0.3, 0.4) is 0 Å². The molecular weight excluding hydrogens is 272 g/mol. The van der Waals surface area contributed by atoms with Crippen molar-refractivity contribution in [1.29, 1.82) is 0 Å². The minimum Gasteiger partial charge on any atom is -0.399 e. The van der Waals surface area contributed by atoms with E-state index >= 15 is 0 Å². The Balaban J connectivity index is 1.41. The first kappa shape index (κ1) is 14.6. The highest BCUT2D eigenvalue weighted by Gasteiger charge is 2.20. The number of nitrogens with two attached hydrogens (primary N) is 1. The van der Waals surface area contributed by atoms with Gasteiger partial charge in [-0.25, -0.2) is 0 Å². The van der Waals surface area contributed by atoms with E-state index in [2.05, 4.69) is 17.4 Å². The summed E-state index contributed by atoms with van der Waals surface area (Å²) < 4.78 is 0. The van der Waals surface area contributed by atoms with Gasteiger partial charge in [-0.05, 0) is 67.0 Å². The molecule has 0 saturated carbocycles. The Hall–Kier alpha value is -2.29. The van der Waals surface area contributed by atoms with Gasteiger partial charge < -0.3 is 11.1 Å². The number of carbonyl (C=O) groups is 1. The summed E-state index contributed by atoms with van der Waals surface area (Å²) in [7, 11) is 0. The van der Waals surface area contributed by atoms with Crippen molar-refractivity contribution in [3.63, 3.8) is 0 Å². The number of hydrogen-bond acceptors (Lipinski definition) is 2. The second-order valence-electron chi connectivity index (χ2n) is 6.07. The van der Waals surface area contributed by atoms with E-state index in [1.807, 2.05) is 36.4 Å². The number of benzene rings is 2. The van der Waals surface area contributed by atoms with E-state index in [9.17, 15) is 4.79 Å². The van der Waals surface area contributed by atoms with Gasteiger partial charge in [-0.3, -0.25) is 4.79 Å². The SMILES string of the molecule is Nc1ccc2c(c1)CC(CCCNC(=O)c1ccccc1)C2. The smallest absolute Gasteiger partial charge is 0.251 e. The lowest BCUT2D eigenvalue weighted by atomic mass is 10.0. The molecule has 0 spiro atoms. The molecule has 3 rings (SSSR count). The summed E-state index contributed by atoms with van der Waals surface area (Å²) >= 11 is 0. The van der Waals surface area contributed by atoms with Crippen LogP contribution in [0, 0.1) is 5.92 Å². The molecule has 0 aromatic heterocycles. The first-order valence-electron chi connectivity index (χ1n) is 7.93. The topological polar surface area (TPSA) is 55.1 Å². The molecule has 0 saturated heterocycles. The van der Waals surface area contributed by atoms with Gasteiger partial charge in [0, 0.05) is 17.8 Å². The van der Waals surface area contributed by atoms with Crippen molar-refractivity contribution < 1.29 is 4.79 Å². The van der Waals surface area contributed by atoms with Gasteiger partial charge in [0.1, 0.15) is 0 Å². The van der Waals surface area contributed by atoms with Crippen molar-refractivity contribution >= 4 is 11.6 Å². The second kappa shape index (κ2) is 6.65. The van der Waals surface area contributed by atoms with Crippen molar-refractivity contribution in [1.82, 2.24) is 5.32 Å². The minimum atomic E-state index is 0.0167. The standard InChI is InChI=1S/C19H22N2O/c20-18-9-8-16-11-14(12-17(16)13-18)5-4-10-21-19(22)15-6-2-1-3-7-15/h1-3,6-9,13-14H,4-5,10-12,20H2,(H,21,22). The normalized spacial score (nSPS) is 16.3. The lowest BCUT2D eigenvalue weighted by molar-refractivity contribution is 0.0952. The highest BCUT2D eigenvalue weighted by Crippen LogP contribution is 2.30. The molecule has 1 aliphatic rings. The molecule has 2 aromatic rings. The van der Waals surface area contributed by atoms with Crippen LogP contribution >= 0.6 is 0 Å². The predicted octanol–water partition coefficient (Wildman–Crippen LogP) is 3.19. The van der Waals surface area contributed by atoms with E-state index in [1.54, 1.807) is 0 Å². The third-order valence-corrected chi connectivity index (χ3v) is 4.36. The van der Waals surface area contributed by atoms with Gasteiger partial charge >= 0.3 is 0 Å². The lowest BCUT2D eigenvalue weighted by Crippen LogP contribution is -2.24. The van der Waals surface area contributed by atoms with Crippen LogP contribution in [0.15, 0.2) is 48.5 Å². The van der Waals surface area contributed by atoms with Crippen molar-refractivity contribution in [2.24, 2.45) is 5.92 Å². The zero-order chi connectivity index (χ0) is 15.4. The number of nitrogens with one attached hydrogen (secondary N) is 1. The second-order valence-corrected chi connectivity index (χ2v) is 6.07. The Morgan fingerprint density at radius 3 is 2.68 bits per heavy atom. The first-order valence-corrected chi connectivity index (χ1v) is 7.93. The molecule has 0 radical (unpaired) electrons. The molecule has 0 fully saturated rings. The van der Waals surface area contributed by atoms with Gasteiger partial charge in [0.2, 0.25) is 0 Å². The molecule has 3 N–H and O–H groups in total. The van der Waals surface area contributed by atoms with Crippen molar-refractivity contribution in [2.75, 3.05) is 12.3 Å². The minimum absolute atomic E-state index is 0.0167. The highest BCUT2D eigenvalue weighted by molar-refractivity contribution is 5.94. The Kier molecular flexibility index (Phi) is 4.42. The zero-order valence-corrected chi connectivity index (χ0v) is 12.7. The van der Waals surface area contributed by atoms with E-state index in [4.69, 9.17) is 5.73 Å². The summed E-state index contributed by atoms with van der Waals surface area (Å²) in [5.74, 6) is 0.702. The number of anilines is 1. The number of rotatable bonds is 5. The number of carbonyl (C=O) groups excluding carboxylic acids is 1. The Morgan fingerprint density at radius 1 is 1.09 bits per heavy atom. The van der Waals surface area contributed by atoms with E-state index in [0.29, 0.717) is 5.92 Å². The third kappa shape index (κ3) is 3.48. The van der Waals surface area contributed by atoms with E-state index in [0.717, 1.165) is 43.5 Å². The van der Waals surface area contributed by atoms with Crippen LogP contribution < -0.4 is 11.1 Å². The molecule has 0 heterocycles. The molecule has 1 atom stereocenters. The van der Waals surface area contributed by atoms with E-state index in [1.165, 1.54) is 11.1 Å². The maximum Gasteiger partial charge on any atom is 0.251 e. The van der Waals surface area contributed by atoms with Crippen LogP contribution in [0.25, 0.3) is 0 Å². The molecular formula is C19H22N2O. The van der Waals surface area contributed by atoms with Crippen molar-refractivity contribution in [3.05, 3.63) is 65.2 Å². The Bertz CT molecular complexity index is 652. The average Bonchev–Trinajstić information content (AvgIpc) is 2.94. The van der Waals surface area contributed by atoms with E-state index in [-0.39, 0.29) is 5.91 Å². The quantitative estimate of drug-likeness (QED) is 0.657. The van der Waals surface area contributed by atoms with E-state index < -0.39 is 0 Å². The fourth-order valence-electron chi connectivity index (χ4n) is 3.22. The number of hydrogen-bond donors (Lipinski definition) is 2. The Labute approximate surface area is 131 Å². The molecule has 22 heavy (non-hydrogen) atoms. The number of fused-ring (bicyclic) bond motifs is 1. The zero-order valence-electron chi connectivity index (χ0n) is 12.7. The van der Waals surface area contributed by atoms with Crippen molar-refractivity contribution in [2.45, 2.75) is 25.7 Å². The van der Waals surface area contributed by atoms with Gasteiger partial charge in [-0.15, -0.1) is 0 Å². The van der Waals surface area contributed by atoms with Crippen LogP contribution in [-0.4, -0.2) is 12.5 Å².